The summed E-state index contributed by atoms with van der Waals surface area (Å²) in [6.07, 6.45) is 2.34. The molecule has 0 bridgehead atoms. The highest BCUT2D eigenvalue weighted by molar-refractivity contribution is 5.87. The molecular formula is C11H17NO. The Kier molecular flexibility index (Phi) is 3.50. The van der Waals surface area contributed by atoms with E-state index in [1.165, 1.54) is 0 Å². The third kappa shape index (κ3) is 2.10. The van der Waals surface area contributed by atoms with Gasteiger partial charge in [-0.15, -0.1) is 5.92 Å². The van der Waals surface area contributed by atoms with E-state index >= 15 is 0 Å². The van der Waals surface area contributed by atoms with Gasteiger partial charge in [0.15, 0.2) is 5.78 Å². The maximum Gasteiger partial charge on any atom is 0.152 e. The van der Waals surface area contributed by atoms with Gasteiger partial charge in [-0.25, -0.2) is 0 Å². The highest BCUT2D eigenvalue weighted by Crippen LogP contribution is 2.31. The zero-order valence-corrected chi connectivity index (χ0v) is 8.44. The van der Waals surface area contributed by atoms with E-state index in [2.05, 4.69) is 24.1 Å². The number of ketones is 1. The van der Waals surface area contributed by atoms with Crippen LogP contribution in [-0.2, 0) is 4.79 Å². The monoisotopic (exact) mass is 179 g/mol. The lowest BCUT2D eigenvalue weighted by Crippen LogP contribution is -2.32. The van der Waals surface area contributed by atoms with Gasteiger partial charge in [-0.3, -0.25) is 4.79 Å². The fourth-order valence-corrected chi connectivity index (χ4v) is 1.84. The topological polar surface area (TPSA) is 29.1 Å². The summed E-state index contributed by atoms with van der Waals surface area (Å²) in [7, 11) is 0. The predicted molar refractivity (Wildman–Crippen MR) is 53.3 cm³/mol. The Morgan fingerprint density at radius 1 is 1.62 bits per heavy atom. The second-order valence-corrected chi connectivity index (χ2v) is 3.59. The molecule has 0 aromatic heterocycles. The van der Waals surface area contributed by atoms with Gasteiger partial charge < -0.3 is 5.32 Å². The van der Waals surface area contributed by atoms with Crippen LogP contribution in [0.4, 0.5) is 0 Å². The molecule has 0 saturated carbocycles. The highest BCUT2D eigenvalue weighted by Gasteiger charge is 2.38. The first-order valence-electron chi connectivity index (χ1n) is 4.89. The Bertz CT molecular complexity index is 241. The van der Waals surface area contributed by atoms with Crippen LogP contribution in [0.2, 0.25) is 0 Å². The summed E-state index contributed by atoms with van der Waals surface area (Å²) in [5, 5.41) is 3.25. The van der Waals surface area contributed by atoms with E-state index in [0.717, 1.165) is 25.9 Å². The first kappa shape index (κ1) is 10.3. The van der Waals surface area contributed by atoms with Crippen molar-refractivity contribution in [2.45, 2.75) is 33.1 Å². The summed E-state index contributed by atoms with van der Waals surface area (Å²) in [4.78, 5) is 11.8. The molecule has 0 aromatic carbocycles. The molecule has 1 N–H and O–H groups in total. The van der Waals surface area contributed by atoms with Crippen LogP contribution in [0, 0.1) is 17.3 Å². The molecule has 1 heterocycles. The van der Waals surface area contributed by atoms with Gasteiger partial charge in [0.25, 0.3) is 0 Å². The molecule has 72 valence electrons. The van der Waals surface area contributed by atoms with E-state index in [0.29, 0.717) is 12.2 Å². The van der Waals surface area contributed by atoms with Crippen LogP contribution >= 0.6 is 0 Å². The molecule has 13 heavy (non-hydrogen) atoms. The van der Waals surface area contributed by atoms with Crippen LogP contribution in [0.1, 0.15) is 33.1 Å². The molecule has 1 rings (SSSR count). The van der Waals surface area contributed by atoms with Crippen LogP contribution in [0.25, 0.3) is 0 Å². The lowest BCUT2D eigenvalue weighted by molar-refractivity contribution is -0.126. The van der Waals surface area contributed by atoms with Crippen molar-refractivity contribution in [3.8, 4) is 11.8 Å². The minimum atomic E-state index is -0.107. The van der Waals surface area contributed by atoms with E-state index in [9.17, 15) is 4.79 Å². The SMILES string of the molecule is CC#CCC(=O)C1(CC)CCNC1. The fourth-order valence-electron chi connectivity index (χ4n) is 1.84. The van der Waals surface area contributed by atoms with E-state index in [1.807, 2.05) is 0 Å². The van der Waals surface area contributed by atoms with Gasteiger partial charge in [-0.1, -0.05) is 12.8 Å². The number of rotatable bonds is 3. The lowest BCUT2D eigenvalue weighted by atomic mass is 9.79. The van der Waals surface area contributed by atoms with Crippen molar-refractivity contribution in [1.82, 2.24) is 5.32 Å². The molecule has 0 spiro atoms. The summed E-state index contributed by atoms with van der Waals surface area (Å²) >= 11 is 0. The molecule has 1 atom stereocenters. The maximum absolute atomic E-state index is 11.8. The molecule has 1 aliphatic rings. The Labute approximate surface area is 80.1 Å². The fraction of sp³-hybridized carbons (Fsp3) is 0.727. The zero-order valence-electron chi connectivity index (χ0n) is 8.44. The molecule has 2 heteroatoms. The van der Waals surface area contributed by atoms with Gasteiger partial charge in [0.2, 0.25) is 0 Å². The largest absolute Gasteiger partial charge is 0.316 e. The first-order valence-corrected chi connectivity index (χ1v) is 4.89. The summed E-state index contributed by atoms with van der Waals surface area (Å²) < 4.78 is 0. The van der Waals surface area contributed by atoms with Gasteiger partial charge in [0.1, 0.15) is 0 Å². The molecule has 1 saturated heterocycles. The second kappa shape index (κ2) is 4.43. The normalized spacial score (nSPS) is 26.6. The molecule has 2 nitrogen and oxygen atoms in total. The van der Waals surface area contributed by atoms with Gasteiger partial charge in [-0.05, 0) is 26.3 Å². The van der Waals surface area contributed by atoms with Gasteiger partial charge in [-0.2, -0.15) is 0 Å². The van der Waals surface area contributed by atoms with Crippen LogP contribution in [0.5, 0.6) is 0 Å². The van der Waals surface area contributed by atoms with Crippen molar-refractivity contribution in [3.05, 3.63) is 0 Å². The quantitative estimate of drug-likeness (QED) is 0.663. The zero-order chi connectivity index (χ0) is 9.73. The van der Waals surface area contributed by atoms with E-state index in [-0.39, 0.29) is 5.41 Å². The van der Waals surface area contributed by atoms with Crippen LogP contribution in [0.15, 0.2) is 0 Å². The molecule has 1 fully saturated rings. The average Bonchev–Trinajstić information content (AvgIpc) is 2.63. The molecule has 0 aromatic rings. The minimum absolute atomic E-state index is 0.107. The number of nitrogens with one attached hydrogen (secondary N) is 1. The summed E-state index contributed by atoms with van der Waals surface area (Å²) in [5.41, 5.74) is -0.107. The van der Waals surface area contributed by atoms with Crippen molar-refractivity contribution in [2.24, 2.45) is 5.41 Å². The van der Waals surface area contributed by atoms with Crippen molar-refractivity contribution >= 4 is 5.78 Å². The lowest BCUT2D eigenvalue weighted by Gasteiger charge is -2.23. The number of carbonyl (C=O) groups is 1. The Morgan fingerprint density at radius 2 is 2.38 bits per heavy atom. The van der Waals surface area contributed by atoms with E-state index < -0.39 is 0 Å². The summed E-state index contributed by atoms with van der Waals surface area (Å²) in [6, 6.07) is 0. The molecule has 0 radical (unpaired) electrons. The number of Topliss-reactive ketones (excluding diaryl/α,β-unsaturated/α-hetero) is 1. The van der Waals surface area contributed by atoms with Crippen LogP contribution in [-0.4, -0.2) is 18.9 Å². The molecular weight excluding hydrogens is 162 g/mol. The first-order chi connectivity index (χ1) is 6.25. The average molecular weight is 179 g/mol. The third-order valence-corrected chi connectivity index (χ3v) is 2.94. The standard InChI is InChI=1S/C11H17NO/c1-3-5-6-10(13)11(4-2)7-8-12-9-11/h12H,4,6-9H2,1-2H3. The van der Waals surface area contributed by atoms with Gasteiger partial charge in [0.05, 0.1) is 6.42 Å². The van der Waals surface area contributed by atoms with Crippen molar-refractivity contribution in [2.75, 3.05) is 13.1 Å². The number of hydrogen-bond donors (Lipinski definition) is 1. The second-order valence-electron chi connectivity index (χ2n) is 3.59. The minimum Gasteiger partial charge on any atom is -0.316 e. The van der Waals surface area contributed by atoms with Crippen molar-refractivity contribution < 1.29 is 4.79 Å². The Balaban J connectivity index is 2.63. The predicted octanol–water partition coefficient (Wildman–Crippen LogP) is 1.36. The van der Waals surface area contributed by atoms with Crippen LogP contribution in [0.3, 0.4) is 0 Å². The molecule has 1 aliphatic heterocycles. The third-order valence-electron chi connectivity index (χ3n) is 2.94. The number of hydrogen-bond acceptors (Lipinski definition) is 2. The smallest absolute Gasteiger partial charge is 0.152 e. The number of carbonyl (C=O) groups excluding carboxylic acids is 1. The molecule has 0 amide bonds. The van der Waals surface area contributed by atoms with Gasteiger partial charge in [0, 0.05) is 12.0 Å². The van der Waals surface area contributed by atoms with Crippen LogP contribution < -0.4 is 5.32 Å². The summed E-state index contributed by atoms with van der Waals surface area (Å²) in [6.45, 7) is 5.68. The Morgan fingerprint density at radius 3 is 2.85 bits per heavy atom. The van der Waals surface area contributed by atoms with Crippen molar-refractivity contribution in [1.29, 1.82) is 0 Å². The van der Waals surface area contributed by atoms with Gasteiger partial charge >= 0.3 is 0 Å². The maximum atomic E-state index is 11.8. The van der Waals surface area contributed by atoms with Crippen molar-refractivity contribution in [3.63, 3.8) is 0 Å². The molecule has 1 unspecified atom stereocenters. The summed E-state index contributed by atoms with van der Waals surface area (Å²) in [5.74, 6) is 5.94. The molecule has 0 aliphatic carbocycles. The van der Waals surface area contributed by atoms with E-state index in [4.69, 9.17) is 0 Å². The Hall–Kier alpha value is -0.810. The van der Waals surface area contributed by atoms with E-state index in [1.54, 1.807) is 6.92 Å². The highest BCUT2D eigenvalue weighted by atomic mass is 16.1.